The minimum atomic E-state index is -0.977. The van der Waals surface area contributed by atoms with E-state index in [1.165, 1.54) is 11.7 Å². The Kier molecular flexibility index (Phi) is 3.20. The Morgan fingerprint density at radius 3 is 2.89 bits per heavy atom. The monoisotopic (exact) mass is 251 g/mol. The van der Waals surface area contributed by atoms with E-state index in [2.05, 4.69) is 0 Å². The first kappa shape index (κ1) is 12.4. The van der Waals surface area contributed by atoms with Gasteiger partial charge < -0.3 is 14.3 Å². The van der Waals surface area contributed by atoms with Gasteiger partial charge in [0.25, 0.3) is 0 Å². The Labute approximate surface area is 102 Å². The highest BCUT2D eigenvalue weighted by atomic mass is 16.5. The number of aromatic nitrogens is 1. The molecular weight excluding hydrogens is 238 g/mol. The molecular formula is C12H13NO5. The lowest BCUT2D eigenvalue weighted by atomic mass is 10.00. The molecule has 0 saturated carbocycles. The number of carboxylic acid groups (broad SMARTS) is 1. The highest BCUT2D eigenvalue weighted by Gasteiger charge is 2.21. The number of ether oxygens (including phenoxy) is 1. The van der Waals surface area contributed by atoms with E-state index in [0.717, 1.165) is 0 Å². The maximum absolute atomic E-state index is 11.3. The van der Waals surface area contributed by atoms with Gasteiger partial charge in [0.2, 0.25) is 0 Å². The topological polar surface area (TPSA) is 81.7 Å². The minimum Gasteiger partial charge on any atom is -0.481 e. The van der Waals surface area contributed by atoms with Crippen LogP contribution in [0.15, 0.2) is 27.4 Å². The molecule has 2 aromatic rings. The van der Waals surface area contributed by atoms with Gasteiger partial charge in [-0.25, -0.2) is 4.79 Å². The van der Waals surface area contributed by atoms with Gasteiger partial charge >= 0.3 is 11.7 Å². The second-order valence-corrected chi connectivity index (χ2v) is 4.00. The van der Waals surface area contributed by atoms with Crippen LogP contribution >= 0.6 is 0 Å². The molecule has 0 radical (unpaired) electrons. The van der Waals surface area contributed by atoms with E-state index in [-0.39, 0.29) is 6.61 Å². The number of aliphatic carboxylic acids is 1. The third-order valence-electron chi connectivity index (χ3n) is 2.85. The minimum absolute atomic E-state index is 0.0674. The van der Waals surface area contributed by atoms with E-state index in [4.69, 9.17) is 14.3 Å². The van der Waals surface area contributed by atoms with Crippen molar-refractivity contribution in [2.45, 2.75) is 5.92 Å². The van der Waals surface area contributed by atoms with Crippen LogP contribution < -0.4 is 5.76 Å². The summed E-state index contributed by atoms with van der Waals surface area (Å²) in [6, 6.07) is 4.89. The summed E-state index contributed by atoms with van der Waals surface area (Å²) in [5, 5.41) is 9.11. The second kappa shape index (κ2) is 4.66. The summed E-state index contributed by atoms with van der Waals surface area (Å²) in [4.78, 5) is 22.5. The summed E-state index contributed by atoms with van der Waals surface area (Å²) < 4.78 is 11.3. The Hall–Kier alpha value is -2.08. The molecule has 0 aliphatic rings. The van der Waals surface area contributed by atoms with Crippen LogP contribution in [0.5, 0.6) is 0 Å². The molecule has 0 spiro atoms. The van der Waals surface area contributed by atoms with Crippen molar-refractivity contribution in [2.24, 2.45) is 7.05 Å². The smallest absolute Gasteiger partial charge is 0.419 e. The zero-order valence-electron chi connectivity index (χ0n) is 10.0. The lowest BCUT2D eigenvalue weighted by molar-refractivity contribution is -0.140. The fourth-order valence-corrected chi connectivity index (χ4v) is 1.84. The van der Waals surface area contributed by atoms with Crippen LogP contribution in [0.25, 0.3) is 11.1 Å². The number of oxazole rings is 1. The van der Waals surface area contributed by atoms with Crippen LogP contribution in [0.2, 0.25) is 0 Å². The Balaban J connectivity index is 2.52. The summed E-state index contributed by atoms with van der Waals surface area (Å²) >= 11 is 0. The van der Waals surface area contributed by atoms with E-state index in [9.17, 15) is 9.59 Å². The number of nitrogens with zero attached hydrogens (tertiary/aromatic N) is 1. The Morgan fingerprint density at radius 2 is 2.28 bits per heavy atom. The van der Waals surface area contributed by atoms with E-state index in [1.54, 1.807) is 25.2 Å². The summed E-state index contributed by atoms with van der Waals surface area (Å²) in [6.07, 6.45) is 0. The number of hydrogen-bond donors (Lipinski definition) is 1. The Morgan fingerprint density at radius 1 is 1.56 bits per heavy atom. The lowest BCUT2D eigenvalue weighted by Gasteiger charge is -2.11. The van der Waals surface area contributed by atoms with Crippen LogP contribution in [0, 0.1) is 0 Å². The van der Waals surface area contributed by atoms with Gasteiger partial charge in [0.1, 0.15) is 5.92 Å². The molecule has 0 fully saturated rings. The van der Waals surface area contributed by atoms with Crippen molar-refractivity contribution >= 4 is 17.1 Å². The molecule has 1 aromatic carbocycles. The van der Waals surface area contributed by atoms with Gasteiger partial charge in [0.15, 0.2) is 5.58 Å². The van der Waals surface area contributed by atoms with Gasteiger partial charge in [-0.05, 0) is 17.7 Å². The number of carbonyl (C=O) groups is 1. The molecule has 1 N–H and O–H groups in total. The number of hydrogen-bond acceptors (Lipinski definition) is 4. The highest BCUT2D eigenvalue weighted by Crippen LogP contribution is 2.21. The van der Waals surface area contributed by atoms with Crippen molar-refractivity contribution in [3.8, 4) is 0 Å². The molecule has 0 aliphatic heterocycles. The predicted molar refractivity (Wildman–Crippen MR) is 63.7 cm³/mol. The molecule has 0 saturated heterocycles. The average Bonchev–Trinajstić information content (AvgIpc) is 2.61. The van der Waals surface area contributed by atoms with Crippen molar-refractivity contribution in [3.05, 3.63) is 34.3 Å². The molecule has 18 heavy (non-hydrogen) atoms. The predicted octanol–water partition coefficient (Wildman–Crippen LogP) is 0.946. The average molecular weight is 251 g/mol. The van der Waals surface area contributed by atoms with Crippen LogP contribution in [-0.2, 0) is 16.6 Å². The molecule has 1 heterocycles. The maximum Gasteiger partial charge on any atom is 0.419 e. The molecule has 2 rings (SSSR count). The first-order valence-corrected chi connectivity index (χ1v) is 5.36. The van der Waals surface area contributed by atoms with Gasteiger partial charge in [-0.2, -0.15) is 0 Å². The number of rotatable bonds is 4. The summed E-state index contributed by atoms with van der Waals surface area (Å²) in [7, 11) is 3.04. The van der Waals surface area contributed by atoms with E-state index in [0.29, 0.717) is 16.7 Å². The van der Waals surface area contributed by atoms with Crippen LogP contribution in [0.1, 0.15) is 11.5 Å². The van der Waals surface area contributed by atoms with Crippen LogP contribution in [-0.4, -0.2) is 29.4 Å². The zero-order chi connectivity index (χ0) is 13.3. The summed E-state index contributed by atoms with van der Waals surface area (Å²) in [5.41, 5.74) is 1.55. The van der Waals surface area contributed by atoms with Crippen molar-refractivity contribution in [2.75, 3.05) is 13.7 Å². The van der Waals surface area contributed by atoms with E-state index < -0.39 is 17.6 Å². The number of methoxy groups -OCH3 is 1. The van der Waals surface area contributed by atoms with Gasteiger partial charge in [0, 0.05) is 14.2 Å². The van der Waals surface area contributed by atoms with Crippen molar-refractivity contribution in [1.29, 1.82) is 0 Å². The Bertz CT molecular complexity index is 639. The standard InChI is InChI=1S/C12H13NO5/c1-13-9-4-3-7(5-10(9)18-12(13)16)8(6-17-2)11(14)15/h3-5,8H,6H2,1-2H3,(H,14,15). The van der Waals surface area contributed by atoms with Crippen molar-refractivity contribution < 1.29 is 19.1 Å². The molecule has 0 bridgehead atoms. The molecule has 6 heteroatoms. The molecule has 0 amide bonds. The van der Waals surface area contributed by atoms with E-state index >= 15 is 0 Å². The largest absolute Gasteiger partial charge is 0.481 e. The summed E-state index contributed by atoms with van der Waals surface area (Å²) in [5.74, 6) is -2.22. The van der Waals surface area contributed by atoms with Crippen molar-refractivity contribution in [3.63, 3.8) is 0 Å². The molecule has 1 aromatic heterocycles. The van der Waals surface area contributed by atoms with Gasteiger partial charge in [-0.3, -0.25) is 9.36 Å². The van der Waals surface area contributed by atoms with Crippen molar-refractivity contribution in [1.82, 2.24) is 4.57 Å². The number of benzene rings is 1. The fourth-order valence-electron chi connectivity index (χ4n) is 1.84. The van der Waals surface area contributed by atoms with Gasteiger partial charge in [0.05, 0.1) is 12.1 Å². The quantitative estimate of drug-likeness (QED) is 0.874. The third-order valence-corrected chi connectivity index (χ3v) is 2.85. The van der Waals surface area contributed by atoms with E-state index in [1.807, 2.05) is 0 Å². The summed E-state index contributed by atoms with van der Waals surface area (Å²) in [6.45, 7) is 0.0674. The molecule has 1 atom stereocenters. The lowest BCUT2D eigenvalue weighted by Crippen LogP contribution is -2.16. The SMILES string of the molecule is COCC(C(=O)O)c1ccc2c(c1)oc(=O)n2C. The maximum atomic E-state index is 11.3. The number of fused-ring (bicyclic) bond motifs is 1. The fraction of sp³-hybridized carbons (Fsp3) is 0.333. The third kappa shape index (κ3) is 2.02. The number of aryl methyl sites for hydroxylation is 1. The first-order chi connectivity index (χ1) is 8.54. The first-order valence-electron chi connectivity index (χ1n) is 5.36. The molecule has 96 valence electrons. The second-order valence-electron chi connectivity index (χ2n) is 4.00. The molecule has 6 nitrogen and oxygen atoms in total. The van der Waals surface area contributed by atoms with Gasteiger partial charge in [-0.15, -0.1) is 0 Å². The molecule has 1 unspecified atom stereocenters. The normalized spacial score (nSPS) is 12.8. The van der Waals surface area contributed by atoms with Crippen LogP contribution in [0.3, 0.4) is 0 Å². The zero-order valence-corrected chi connectivity index (χ0v) is 10.0. The molecule has 0 aliphatic carbocycles. The van der Waals surface area contributed by atoms with Crippen LogP contribution in [0.4, 0.5) is 0 Å². The van der Waals surface area contributed by atoms with Gasteiger partial charge in [-0.1, -0.05) is 6.07 Å². The number of carboxylic acids is 1. The highest BCUT2D eigenvalue weighted by molar-refractivity contribution is 5.80.